The lowest BCUT2D eigenvalue weighted by Crippen LogP contribution is -1.99. The first kappa shape index (κ1) is 14.2. The lowest BCUT2D eigenvalue weighted by Gasteiger charge is -2.13. The minimum Gasteiger partial charge on any atom is -0.494 e. The molecule has 0 heterocycles. The molecule has 106 valence electrons. The summed E-state index contributed by atoms with van der Waals surface area (Å²) in [5, 5.41) is 0. The van der Waals surface area contributed by atoms with Crippen LogP contribution in [-0.2, 0) is 0 Å². The minimum atomic E-state index is -1.06. The first-order valence-electron chi connectivity index (χ1n) is 5.55. The van der Waals surface area contributed by atoms with Crippen molar-refractivity contribution in [3.63, 3.8) is 0 Å². The van der Waals surface area contributed by atoms with E-state index in [9.17, 15) is 17.6 Å². The molecule has 0 saturated heterocycles. The number of hydrogen-bond donors (Lipinski definition) is 0. The molecule has 0 amide bonds. The maximum atomic E-state index is 14.1. The van der Waals surface area contributed by atoms with Crippen LogP contribution in [0.15, 0.2) is 24.3 Å². The van der Waals surface area contributed by atoms with Gasteiger partial charge in [-0.3, -0.25) is 0 Å². The van der Waals surface area contributed by atoms with E-state index in [4.69, 9.17) is 9.47 Å². The second-order valence-electron chi connectivity index (χ2n) is 3.91. The third kappa shape index (κ3) is 2.29. The largest absolute Gasteiger partial charge is 0.494 e. The van der Waals surface area contributed by atoms with Crippen molar-refractivity contribution in [2.24, 2.45) is 0 Å². The Labute approximate surface area is 112 Å². The second-order valence-corrected chi connectivity index (χ2v) is 3.91. The van der Waals surface area contributed by atoms with E-state index < -0.39 is 34.6 Å². The molecule has 0 aromatic heterocycles. The minimum absolute atomic E-state index is 0.242. The van der Waals surface area contributed by atoms with Gasteiger partial charge in [-0.15, -0.1) is 0 Å². The van der Waals surface area contributed by atoms with Gasteiger partial charge in [-0.2, -0.15) is 0 Å². The van der Waals surface area contributed by atoms with Crippen molar-refractivity contribution in [1.82, 2.24) is 0 Å². The number of ether oxygens (including phenoxy) is 2. The zero-order valence-corrected chi connectivity index (χ0v) is 10.6. The molecule has 0 unspecified atom stereocenters. The first-order chi connectivity index (χ1) is 9.49. The molecule has 2 rings (SSSR count). The predicted octanol–water partition coefficient (Wildman–Crippen LogP) is 3.93. The summed E-state index contributed by atoms with van der Waals surface area (Å²) in [6.07, 6.45) is 0. The third-order valence-electron chi connectivity index (χ3n) is 2.76. The molecular formula is C14H10F4O2. The van der Waals surface area contributed by atoms with Crippen LogP contribution in [0.1, 0.15) is 0 Å². The number of halogens is 4. The fourth-order valence-electron chi connectivity index (χ4n) is 1.89. The highest BCUT2D eigenvalue weighted by Gasteiger charge is 2.22. The second kappa shape index (κ2) is 5.40. The topological polar surface area (TPSA) is 18.5 Å². The highest BCUT2D eigenvalue weighted by Crippen LogP contribution is 2.38. The van der Waals surface area contributed by atoms with E-state index in [-0.39, 0.29) is 11.3 Å². The summed E-state index contributed by atoms with van der Waals surface area (Å²) < 4.78 is 64.4. The van der Waals surface area contributed by atoms with Gasteiger partial charge in [0.15, 0.2) is 23.1 Å². The molecule has 0 bridgehead atoms. The Bertz CT molecular complexity index is 656. The average Bonchev–Trinajstić information content (AvgIpc) is 2.38. The van der Waals surface area contributed by atoms with Gasteiger partial charge >= 0.3 is 0 Å². The van der Waals surface area contributed by atoms with Crippen LogP contribution in [-0.4, -0.2) is 14.2 Å². The van der Waals surface area contributed by atoms with E-state index in [1.165, 1.54) is 7.11 Å². The summed E-state index contributed by atoms with van der Waals surface area (Å²) in [5.41, 5.74) is -0.974. The van der Waals surface area contributed by atoms with Gasteiger partial charge in [-0.25, -0.2) is 17.6 Å². The van der Waals surface area contributed by atoms with Gasteiger partial charge in [-0.05, 0) is 18.2 Å². The van der Waals surface area contributed by atoms with Gasteiger partial charge in [0.05, 0.1) is 19.8 Å². The molecule has 0 aliphatic rings. The van der Waals surface area contributed by atoms with E-state index in [1.807, 2.05) is 0 Å². The molecular weight excluding hydrogens is 276 g/mol. The molecule has 2 aromatic carbocycles. The fourth-order valence-corrected chi connectivity index (χ4v) is 1.89. The maximum Gasteiger partial charge on any atom is 0.175 e. The number of rotatable bonds is 3. The molecule has 0 spiro atoms. The summed E-state index contributed by atoms with van der Waals surface area (Å²) in [6.45, 7) is 0. The molecule has 6 heteroatoms. The van der Waals surface area contributed by atoms with Crippen LogP contribution < -0.4 is 9.47 Å². The van der Waals surface area contributed by atoms with Gasteiger partial charge in [-0.1, -0.05) is 0 Å². The molecule has 0 radical (unpaired) electrons. The molecule has 0 fully saturated rings. The van der Waals surface area contributed by atoms with Gasteiger partial charge in [0, 0.05) is 11.6 Å². The van der Waals surface area contributed by atoms with Crippen molar-refractivity contribution in [2.75, 3.05) is 14.2 Å². The molecule has 0 aliphatic carbocycles. The van der Waals surface area contributed by atoms with E-state index in [0.717, 1.165) is 25.3 Å². The van der Waals surface area contributed by atoms with Crippen LogP contribution in [0.2, 0.25) is 0 Å². The Balaban J connectivity index is 2.80. The summed E-state index contributed by atoms with van der Waals surface area (Å²) in [7, 11) is 2.32. The Hall–Kier alpha value is -2.24. The average molecular weight is 286 g/mol. The van der Waals surface area contributed by atoms with Crippen molar-refractivity contribution in [1.29, 1.82) is 0 Å². The zero-order valence-electron chi connectivity index (χ0n) is 10.6. The highest BCUT2D eigenvalue weighted by molar-refractivity contribution is 5.73. The summed E-state index contributed by atoms with van der Waals surface area (Å²) in [4.78, 5) is 0. The van der Waals surface area contributed by atoms with Gasteiger partial charge in [0.1, 0.15) is 11.6 Å². The van der Waals surface area contributed by atoms with Gasteiger partial charge in [0.2, 0.25) is 0 Å². The van der Waals surface area contributed by atoms with Crippen LogP contribution in [0.4, 0.5) is 17.6 Å². The van der Waals surface area contributed by atoms with Crippen molar-refractivity contribution in [2.45, 2.75) is 0 Å². The first-order valence-corrected chi connectivity index (χ1v) is 5.55. The monoisotopic (exact) mass is 286 g/mol. The van der Waals surface area contributed by atoms with E-state index >= 15 is 0 Å². The smallest absolute Gasteiger partial charge is 0.175 e. The molecule has 0 aliphatic heterocycles. The SMILES string of the molecule is COc1ccc(F)c(-c2cc(F)cc(F)c2OC)c1F. The Kier molecular flexibility index (Phi) is 3.83. The lowest BCUT2D eigenvalue weighted by molar-refractivity contribution is 0.380. The van der Waals surface area contributed by atoms with E-state index in [0.29, 0.717) is 6.07 Å². The Morgan fingerprint density at radius 3 is 2.15 bits per heavy atom. The van der Waals surface area contributed by atoms with Crippen molar-refractivity contribution in [3.8, 4) is 22.6 Å². The van der Waals surface area contributed by atoms with Crippen LogP contribution in [0.3, 0.4) is 0 Å². The van der Waals surface area contributed by atoms with Crippen LogP contribution in [0.5, 0.6) is 11.5 Å². The zero-order chi connectivity index (χ0) is 14.9. The van der Waals surface area contributed by atoms with Crippen LogP contribution in [0, 0.1) is 23.3 Å². The van der Waals surface area contributed by atoms with E-state index in [1.54, 1.807) is 0 Å². The van der Waals surface area contributed by atoms with Crippen LogP contribution in [0.25, 0.3) is 11.1 Å². The standard InChI is InChI=1S/C14H10F4O2/c1-19-11-4-3-9(16)12(13(11)18)8-5-7(15)6-10(17)14(8)20-2/h3-6H,1-2H3. The number of methoxy groups -OCH3 is 2. The van der Waals surface area contributed by atoms with Crippen LogP contribution >= 0.6 is 0 Å². The molecule has 20 heavy (non-hydrogen) atoms. The highest BCUT2D eigenvalue weighted by atomic mass is 19.1. The quantitative estimate of drug-likeness (QED) is 0.796. The summed E-state index contributed by atoms with van der Waals surface area (Å²) in [6, 6.07) is 3.39. The lowest BCUT2D eigenvalue weighted by atomic mass is 10.0. The molecule has 2 aromatic rings. The Morgan fingerprint density at radius 2 is 1.55 bits per heavy atom. The fraction of sp³-hybridized carbons (Fsp3) is 0.143. The van der Waals surface area contributed by atoms with Gasteiger partial charge < -0.3 is 9.47 Å². The van der Waals surface area contributed by atoms with Crippen molar-refractivity contribution < 1.29 is 27.0 Å². The summed E-state index contributed by atoms with van der Waals surface area (Å²) >= 11 is 0. The normalized spacial score (nSPS) is 10.5. The maximum absolute atomic E-state index is 14.1. The van der Waals surface area contributed by atoms with Crippen molar-refractivity contribution >= 4 is 0 Å². The molecule has 0 N–H and O–H groups in total. The Morgan fingerprint density at radius 1 is 0.850 bits per heavy atom. The van der Waals surface area contributed by atoms with E-state index in [2.05, 4.69) is 0 Å². The summed E-state index contributed by atoms with van der Waals surface area (Å²) in [5.74, 6) is -4.75. The van der Waals surface area contributed by atoms with Crippen molar-refractivity contribution in [3.05, 3.63) is 47.5 Å². The third-order valence-corrected chi connectivity index (χ3v) is 2.76. The number of hydrogen-bond acceptors (Lipinski definition) is 2. The molecule has 0 saturated carbocycles. The molecule has 0 atom stereocenters. The predicted molar refractivity (Wildman–Crippen MR) is 64.8 cm³/mol. The van der Waals surface area contributed by atoms with Gasteiger partial charge in [0.25, 0.3) is 0 Å². The number of benzene rings is 2. The molecule has 2 nitrogen and oxygen atoms in total.